The molecule has 5 aliphatic heterocycles. The minimum Gasteiger partial charge on any atom is -0.469 e. The predicted molar refractivity (Wildman–Crippen MR) is 97.8 cm³/mol. The van der Waals surface area contributed by atoms with Crippen LogP contribution in [0.4, 0.5) is 5.69 Å². The van der Waals surface area contributed by atoms with Crippen molar-refractivity contribution in [2.45, 2.75) is 37.3 Å². The molecule has 1 aromatic carbocycles. The molecule has 1 amide bonds. The van der Waals surface area contributed by atoms with Crippen LogP contribution in [-0.2, 0) is 19.7 Å². The number of methoxy groups -OCH3 is 1. The number of likely N-dealkylation sites (N-methyl/N-ethyl adjacent to an activating group) is 1. The third-order valence-corrected chi connectivity index (χ3v) is 7.37. The van der Waals surface area contributed by atoms with Crippen molar-refractivity contribution >= 4 is 17.6 Å². The van der Waals surface area contributed by atoms with E-state index in [4.69, 9.17) is 4.74 Å². The summed E-state index contributed by atoms with van der Waals surface area (Å²) < 4.78 is 5.17. The van der Waals surface area contributed by atoms with E-state index in [0.29, 0.717) is 6.42 Å². The van der Waals surface area contributed by atoms with Gasteiger partial charge in [-0.1, -0.05) is 29.8 Å². The first kappa shape index (κ1) is 16.1. The van der Waals surface area contributed by atoms with Gasteiger partial charge in [-0.25, -0.2) is 0 Å². The van der Waals surface area contributed by atoms with E-state index < -0.39 is 5.41 Å². The topological polar surface area (TPSA) is 49.9 Å². The van der Waals surface area contributed by atoms with Gasteiger partial charge >= 0.3 is 5.97 Å². The predicted octanol–water partition coefficient (Wildman–Crippen LogP) is 2.11. The molecule has 5 heteroatoms. The highest BCUT2D eigenvalue weighted by molar-refractivity contribution is 6.09. The zero-order chi connectivity index (χ0) is 18.2. The van der Waals surface area contributed by atoms with Crippen LogP contribution in [0.3, 0.4) is 0 Å². The lowest BCUT2D eigenvalue weighted by molar-refractivity contribution is -0.153. The summed E-state index contributed by atoms with van der Waals surface area (Å²) in [6, 6.07) is 8.41. The highest BCUT2D eigenvalue weighted by Crippen LogP contribution is 2.61. The fourth-order valence-electron chi connectivity index (χ4n) is 6.31. The summed E-state index contributed by atoms with van der Waals surface area (Å²) in [6.07, 6.45) is 3.71. The van der Waals surface area contributed by atoms with Gasteiger partial charge in [0.1, 0.15) is 0 Å². The number of hydrogen-bond donors (Lipinski definition) is 0. The molecule has 6 atom stereocenters. The number of allylic oxidation sites excluding steroid dienone is 1. The fourth-order valence-corrected chi connectivity index (χ4v) is 6.31. The highest BCUT2D eigenvalue weighted by Gasteiger charge is 2.69. The first-order chi connectivity index (χ1) is 12.5. The molecule has 1 spiro atoms. The van der Waals surface area contributed by atoms with Crippen LogP contribution in [0, 0.1) is 11.8 Å². The van der Waals surface area contributed by atoms with E-state index in [1.54, 1.807) is 0 Å². The number of ether oxygens (including phenoxy) is 1. The summed E-state index contributed by atoms with van der Waals surface area (Å²) in [7, 11) is 3.35. The number of fused-ring (bicyclic) bond motifs is 3. The summed E-state index contributed by atoms with van der Waals surface area (Å²) in [5, 5.41) is 0. The second-order valence-corrected chi connectivity index (χ2v) is 8.07. The lowest BCUT2D eigenvalue weighted by Crippen LogP contribution is -2.60. The van der Waals surface area contributed by atoms with E-state index in [9.17, 15) is 9.59 Å². The number of amides is 1. The molecule has 5 heterocycles. The number of benzene rings is 1. The largest absolute Gasteiger partial charge is 0.469 e. The molecule has 0 N–H and O–H groups in total. The number of carbonyl (C=O) groups excluding carboxylic acids is 2. The Morgan fingerprint density at radius 2 is 2.12 bits per heavy atom. The van der Waals surface area contributed by atoms with Crippen molar-refractivity contribution in [1.82, 2.24) is 4.90 Å². The molecule has 26 heavy (non-hydrogen) atoms. The average Bonchev–Trinajstić information content (AvgIpc) is 3.05. The van der Waals surface area contributed by atoms with Crippen LogP contribution in [0.25, 0.3) is 0 Å². The summed E-state index contributed by atoms with van der Waals surface area (Å²) in [6.45, 7) is 2.91. The molecule has 0 aromatic heterocycles. The number of carbonyl (C=O) groups is 2. The molecule has 4 bridgehead atoms. The summed E-state index contributed by atoms with van der Waals surface area (Å²) in [5.74, 6) is 0.0789. The zero-order valence-electron chi connectivity index (χ0n) is 15.4. The molecular weight excluding hydrogens is 328 g/mol. The van der Waals surface area contributed by atoms with Crippen molar-refractivity contribution in [1.29, 1.82) is 0 Å². The van der Waals surface area contributed by atoms with Gasteiger partial charge in [-0.05, 0) is 37.3 Å². The molecule has 6 unspecified atom stereocenters. The number of para-hydroxylation sites is 1. The Balaban J connectivity index is 1.67. The normalized spacial score (nSPS) is 41.2. The van der Waals surface area contributed by atoms with E-state index in [0.717, 1.165) is 24.2 Å². The van der Waals surface area contributed by atoms with Gasteiger partial charge in [-0.15, -0.1) is 0 Å². The van der Waals surface area contributed by atoms with E-state index >= 15 is 0 Å². The smallest absolute Gasteiger partial charge is 0.310 e. The van der Waals surface area contributed by atoms with Crippen molar-refractivity contribution in [3.05, 3.63) is 41.5 Å². The van der Waals surface area contributed by atoms with Crippen LogP contribution in [0.15, 0.2) is 35.9 Å². The lowest BCUT2D eigenvalue weighted by Gasteiger charge is -2.51. The van der Waals surface area contributed by atoms with Crippen LogP contribution in [0.2, 0.25) is 0 Å². The zero-order valence-corrected chi connectivity index (χ0v) is 15.4. The molecule has 5 nitrogen and oxygen atoms in total. The molecule has 1 aromatic rings. The minimum atomic E-state index is -0.518. The van der Waals surface area contributed by atoms with Gasteiger partial charge in [0.15, 0.2) is 0 Å². The Morgan fingerprint density at radius 1 is 1.35 bits per heavy atom. The number of anilines is 1. The van der Waals surface area contributed by atoms with Gasteiger partial charge in [0, 0.05) is 31.4 Å². The second-order valence-electron chi connectivity index (χ2n) is 8.07. The Morgan fingerprint density at radius 3 is 2.85 bits per heavy atom. The van der Waals surface area contributed by atoms with E-state index in [-0.39, 0.29) is 35.8 Å². The summed E-state index contributed by atoms with van der Waals surface area (Å²) in [5.41, 5.74) is 2.95. The molecule has 0 saturated carbocycles. The maximum absolute atomic E-state index is 13.5. The van der Waals surface area contributed by atoms with E-state index in [1.807, 2.05) is 37.1 Å². The minimum absolute atomic E-state index is 0.0819. The maximum atomic E-state index is 13.5. The first-order valence-electron chi connectivity index (χ1n) is 9.41. The number of hydrogen-bond acceptors (Lipinski definition) is 4. The number of esters is 1. The molecule has 4 fully saturated rings. The Kier molecular flexibility index (Phi) is 3.21. The van der Waals surface area contributed by atoms with E-state index in [1.165, 1.54) is 12.7 Å². The van der Waals surface area contributed by atoms with Crippen molar-refractivity contribution < 1.29 is 14.3 Å². The maximum Gasteiger partial charge on any atom is 0.310 e. The molecule has 4 saturated heterocycles. The quantitative estimate of drug-likeness (QED) is 0.574. The van der Waals surface area contributed by atoms with Crippen LogP contribution < -0.4 is 4.90 Å². The van der Waals surface area contributed by atoms with Gasteiger partial charge in [-0.2, -0.15) is 0 Å². The van der Waals surface area contributed by atoms with Crippen LogP contribution >= 0.6 is 0 Å². The number of piperidine rings is 3. The van der Waals surface area contributed by atoms with Crippen LogP contribution in [0.1, 0.15) is 25.3 Å². The van der Waals surface area contributed by atoms with Gasteiger partial charge in [0.05, 0.1) is 18.4 Å². The molecular formula is C21H24N2O3. The first-order valence-corrected chi connectivity index (χ1v) is 9.41. The van der Waals surface area contributed by atoms with Crippen molar-refractivity contribution in [2.75, 3.05) is 25.6 Å². The van der Waals surface area contributed by atoms with Crippen molar-refractivity contribution in [2.24, 2.45) is 11.8 Å². The fraction of sp³-hybridized carbons (Fsp3) is 0.524. The molecule has 6 rings (SSSR count). The third kappa shape index (κ3) is 1.65. The van der Waals surface area contributed by atoms with E-state index in [2.05, 4.69) is 17.0 Å². The Labute approximate surface area is 153 Å². The average molecular weight is 352 g/mol. The summed E-state index contributed by atoms with van der Waals surface area (Å²) in [4.78, 5) is 30.3. The molecule has 5 aliphatic rings. The lowest BCUT2D eigenvalue weighted by atomic mass is 9.69. The molecule has 0 aliphatic carbocycles. The standard InChI is InChI=1S/C21H24N2O3/c1-4-12-11-23-16-10-21(17(23)9-13(12)18(16)19(24)26-3)14-7-5-6-8-15(14)22(2)20(21)25/h4-8,13,16-18H,9-11H2,1-3H3/b12-4+. The monoisotopic (exact) mass is 352 g/mol. The number of nitrogens with zero attached hydrogens (tertiary/aromatic N) is 2. The SMILES string of the molecule is C/C=C1\CN2C3CC4(C(=O)N(C)c5ccccc54)C2CC1C3C(=O)OC. The number of rotatable bonds is 1. The Bertz CT molecular complexity index is 847. The van der Waals surface area contributed by atoms with Gasteiger partial charge < -0.3 is 9.64 Å². The van der Waals surface area contributed by atoms with Crippen LogP contribution in [0.5, 0.6) is 0 Å². The second kappa shape index (κ2) is 5.19. The molecule has 136 valence electrons. The van der Waals surface area contributed by atoms with Crippen molar-refractivity contribution in [3.63, 3.8) is 0 Å². The van der Waals surface area contributed by atoms with Gasteiger partial charge in [0.2, 0.25) is 5.91 Å². The third-order valence-electron chi connectivity index (χ3n) is 7.37. The highest BCUT2D eigenvalue weighted by atomic mass is 16.5. The Hall–Kier alpha value is -2.14. The molecule has 0 radical (unpaired) electrons. The van der Waals surface area contributed by atoms with Crippen LogP contribution in [-0.4, -0.2) is 49.6 Å². The van der Waals surface area contributed by atoms with Crippen molar-refractivity contribution in [3.8, 4) is 0 Å². The summed E-state index contributed by atoms with van der Waals surface area (Å²) >= 11 is 0. The van der Waals surface area contributed by atoms with Gasteiger partial charge in [0.25, 0.3) is 0 Å². The van der Waals surface area contributed by atoms with Gasteiger partial charge in [-0.3, -0.25) is 14.5 Å².